The average Bonchev–Trinajstić information content (AvgIpc) is 2.30. The van der Waals surface area contributed by atoms with Crippen LogP contribution in [0.1, 0.15) is 24.2 Å². The Morgan fingerprint density at radius 3 is 2.56 bits per heavy atom. The summed E-state index contributed by atoms with van der Waals surface area (Å²) < 4.78 is 5.26. The number of benzene rings is 1. The molecule has 0 aliphatic carbocycles. The van der Waals surface area contributed by atoms with Crippen LogP contribution in [-0.2, 0) is 4.74 Å². The fraction of sp³-hybridized carbons (Fsp3) is 0.214. The highest BCUT2D eigenvalue weighted by Crippen LogP contribution is 2.09. The van der Waals surface area contributed by atoms with Crippen LogP contribution in [0.4, 0.5) is 0 Å². The zero-order chi connectivity index (χ0) is 12.0. The lowest BCUT2D eigenvalue weighted by molar-refractivity contribution is 0.0412. The number of esters is 1. The van der Waals surface area contributed by atoms with Crippen molar-refractivity contribution in [2.45, 2.75) is 20.0 Å². The summed E-state index contributed by atoms with van der Waals surface area (Å²) in [7, 11) is 0. The van der Waals surface area contributed by atoms with E-state index in [9.17, 15) is 4.79 Å². The Labute approximate surface area is 96.2 Å². The Hall–Kier alpha value is -1.83. The second-order valence-electron chi connectivity index (χ2n) is 3.49. The molecule has 0 N–H and O–H groups in total. The minimum Gasteiger partial charge on any atom is -0.454 e. The number of hydrogen-bond donors (Lipinski definition) is 0. The fourth-order valence-electron chi connectivity index (χ4n) is 1.23. The van der Waals surface area contributed by atoms with Crippen molar-refractivity contribution in [3.05, 3.63) is 60.2 Å². The van der Waals surface area contributed by atoms with E-state index in [2.05, 4.69) is 6.58 Å². The van der Waals surface area contributed by atoms with Crippen molar-refractivity contribution >= 4 is 5.97 Å². The largest absolute Gasteiger partial charge is 0.454 e. The predicted molar refractivity (Wildman–Crippen MR) is 65.3 cm³/mol. The van der Waals surface area contributed by atoms with Crippen LogP contribution in [0.25, 0.3) is 0 Å². The van der Waals surface area contributed by atoms with Crippen LogP contribution >= 0.6 is 0 Å². The highest BCUT2D eigenvalue weighted by Gasteiger charge is 2.12. The third-order valence-electron chi connectivity index (χ3n) is 2.20. The number of hydrogen-bond acceptors (Lipinski definition) is 2. The summed E-state index contributed by atoms with van der Waals surface area (Å²) in [6.45, 7) is 7.54. The van der Waals surface area contributed by atoms with E-state index in [1.54, 1.807) is 12.1 Å². The normalized spacial score (nSPS) is 12.4. The molecule has 1 aromatic rings. The number of allylic oxidation sites excluding steroid dienone is 1. The lowest BCUT2D eigenvalue weighted by Crippen LogP contribution is -2.15. The molecule has 2 heteroatoms. The van der Waals surface area contributed by atoms with Gasteiger partial charge < -0.3 is 4.74 Å². The fourth-order valence-corrected chi connectivity index (χ4v) is 1.23. The third-order valence-corrected chi connectivity index (χ3v) is 2.20. The highest BCUT2D eigenvalue weighted by molar-refractivity contribution is 5.89. The van der Waals surface area contributed by atoms with E-state index >= 15 is 0 Å². The van der Waals surface area contributed by atoms with E-state index in [-0.39, 0.29) is 12.1 Å². The maximum atomic E-state index is 11.7. The monoisotopic (exact) mass is 216 g/mol. The van der Waals surface area contributed by atoms with Crippen molar-refractivity contribution in [1.82, 2.24) is 0 Å². The first kappa shape index (κ1) is 12.2. The first-order chi connectivity index (χ1) is 7.65. The molecule has 1 rings (SSSR count). The summed E-state index contributed by atoms with van der Waals surface area (Å²) in [6.07, 6.45) is 3.40. The molecule has 0 heterocycles. The first-order valence-corrected chi connectivity index (χ1v) is 5.22. The van der Waals surface area contributed by atoms with Crippen LogP contribution in [0.2, 0.25) is 0 Å². The number of carbonyl (C=O) groups excluding carboxylic acids is 1. The summed E-state index contributed by atoms with van der Waals surface area (Å²) in [6, 6.07) is 8.93. The van der Waals surface area contributed by atoms with Crippen molar-refractivity contribution in [2.24, 2.45) is 0 Å². The summed E-state index contributed by atoms with van der Waals surface area (Å²) in [5.74, 6) is -0.321. The van der Waals surface area contributed by atoms with Crippen molar-refractivity contribution in [3.8, 4) is 0 Å². The Balaban J connectivity index is 2.62. The highest BCUT2D eigenvalue weighted by atomic mass is 16.5. The third kappa shape index (κ3) is 3.39. The van der Waals surface area contributed by atoms with Crippen LogP contribution < -0.4 is 0 Å². The minimum absolute atomic E-state index is 0.302. The Bertz CT molecular complexity index is 390. The molecule has 0 saturated heterocycles. The number of carbonyl (C=O) groups is 1. The van der Waals surface area contributed by atoms with Crippen molar-refractivity contribution in [2.75, 3.05) is 0 Å². The molecule has 84 valence electrons. The van der Waals surface area contributed by atoms with E-state index in [0.717, 1.165) is 5.57 Å². The first-order valence-electron chi connectivity index (χ1n) is 5.22. The SMILES string of the molecule is C=C(/C=C/C)C(C)OC(=O)c1ccccc1. The minimum atomic E-state index is -0.321. The Morgan fingerprint density at radius 1 is 1.38 bits per heavy atom. The molecule has 0 amide bonds. The van der Waals surface area contributed by atoms with Gasteiger partial charge in [-0.05, 0) is 31.6 Å². The molecule has 0 spiro atoms. The van der Waals surface area contributed by atoms with Gasteiger partial charge in [0.05, 0.1) is 5.56 Å². The topological polar surface area (TPSA) is 26.3 Å². The molecule has 0 aliphatic heterocycles. The van der Waals surface area contributed by atoms with Gasteiger partial charge in [0, 0.05) is 0 Å². The van der Waals surface area contributed by atoms with Crippen molar-refractivity contribution in [3.63, 3.8) is 0 Å². The smallest absolute Gasteiger partial charge is 0.338 e. The lowest BCUT2D eigenvalue weighted by atomic mass is 10.1. The molecule has 0 bridgehead atoms. The molecular weight excluding hydrogens is 200 g/mol. The second-order valence-corrected chi connectivity index (χ2v) is 3.49. The maximum Gasteiger partial charge on any atom is 0.338 e. The van der Waals surface area contributed by atoms with Gasteiger partial charge in [0.15, 0.2) is 0 Å². The summed E-state index contributed by atoms with van der Waals surface area (Å²) >= 11 is 0. The van der Waals surface area contributed by atoms with Gasteiger partial charge >= 0.3 is 5.97 Å². The molecule has 1 unspecified atom stereocenters. The molecule has 2 nitrogen and oxygen atoms in total. The van der Waals surface area contributed by atoms with E-state index in [4.69, 9.17) is 4.74 Å². The zero-order valence-corrected chi connectivity index (χ0v) is 9.64. The van der Waals surface area contributed by atoms with Crippen LogP contribution in [0.15, 0.2) is 54.6 Å². The molecule has 0 aromatic heterocycles. The van der Waals surface area contributed by atoms with Crippen LogP contribution in [0, 0.1) is 0 Å². The summed E-state index contributed by atoms with van der Waals surface area (Å²) in [5, 5.41) is 0. The van der Waals surface area contributed by atoms with Gasteiger partial charge in [0.2, 0.25) is 0 Å². The van der Waals surface area contributed by atoms with Crippen LogP contribution in [-0.4, -0.2) is 12.1 Å². The van der Waals surface area contributed by atoms with Crippen LogP contribution in [0.3, 0.4) is 0 Å². The van der Waals surface area contributed by atoms with Crippen molar-refractivity contribution in [1.29, 1.82) is 0 Å². The van der Waals surface area contributed by atoms with Gasteiger partial charge in [-0.1, -0.05) is 36.9 Å². The molecule has 0 radical (unpaired) electrons. The van der Waals surface area contributed by atoms with Crippen LogP contribution in [0.5, 0.6) is 0 Å². The molecular formula is C14H16O2. The Morgan fingerprint density at radius 2 is 2.00 bits per heavy atom. The predicted octanol–water partition coefficient (Wildman–Crippen LogP) is 3.36. The lowest BCUT2D eigenvalue weighted by Gasteiger charge is -2.13. The molecule has 1 atom stereocenters. The van der Waals surface area contributed by atoms with Gasteiger partial charge in [0.1, 0.15) is 6.10 Å². The van der Waals surface area contributed by atoms with E-state index in [1.807, 2.05) is 44.2 Å². The maximum absolute atomic E-state index is 11.7. The van der Waals surface area contributed by atoms with E-state index in [1.165, 1.54) is 0 Å². The number of ether oxygens (including phenoxy) is 1. The standard InChI is InChI=1S/C14H16O2/c1-4-8-11(2)12(3)16-14(15)13-9-6-5-7-10-13/h4-10,12H,2H2,1,3H3/b8-4+. The van der Waals surface area contributed by atoms with Gasteiger partial charge in [-0.3, -0.25) is 0 Å². The molecule has 1 aromatic carbocycles. The van der Waals surface area contributed by atoms with Gasteiger partial charge in [-0.25, -0.2) is 4.79 Å². The molecule has 0 saturated carbocycles. The van der Waals surface area contributed by atoms with Gasteiger partial charge in [0.25, 0.3) is 0 Å². The number of rotatable bonds is 4. The average molecular weight is 216 g/mol. The van der Waals surface area contributed by atoms with E-state index in [0.29, 0.717) is 5.56 Å². The van der Waals surface area contributed by atoms with E-state index < -0.39 is 0 Å². The van der Waals surface area contributed by atoms with Gasteiger partial charge in [-0.2, -0.15) is 0 Å². The second kappa shape index (κ2) is 5.91. The molecule has 16 heavy (non-hydrogen) atoms. The molecule has 0 fully saturated rings. The molecule has 0 aliphatic rings. The Kier molecular flexibility index (Phi) is 4.52. The zero-order valence-electron chi connectivity index (χ0n) is 9.64. The summed E-state index contributed by atoms with van der Waals surface area (Å²) in [4.78, 5) is 11.7. The summed E-state index contributed by atoms with van der Waals surface area (Å²) in [5.41, 5.74) is 1.34. The quantitative estimate of drug-likeness (QED) is 0.569. The van der Waals surface area contributed by atoms with Crippen molar-refractivity contribution < 1.29 is 9.53 Å². The van der Waals surface area contributed by atoms with Gasteiger partial charge in [-0.15, -0.1) is 0 Å².